The van der Waals surface area contributed by atoms with Gasteiger partial charge in [0.15, 0.2) is 0 Å². The first-order chi connectivity index (χ1) is 7.07. The van der Waals surface area contributed by atoms with Crippen LogP contribution in [0.5, 0.6) is 5.75 Å². The summed E-state index contributed by atoms with van der Waals surface area (Å²) < 4.78 is 0. The van der Waals surface area contributed by atoms with Crippen LogP contribution in [0.3, 0.4) is 0 Å². The Kier molecular flexibility index (Phi) is 3.87. The summed E-state index contributed by atoms with van der Waals surface area (Å²) in [7, 11) is 0. The van der Waals surface area contributed by atoms with Gasteiger partial charge in [-0.15, -0.1) is 0 Å². The number of carbonyl (C=O) groups is 1. The van der Waals surface area contributed by atoms with Gasteiger partial charge in [-0.1, -0.05) is 28.1 Å². The predicted octanol–water partition coefficient (Wildman–Crippen LogP) is 2.48. The van der Waals surface area contributed by atoms with Gasteiger partial charge in [-0.2, -0.15) is 5.26 Å². The fourth-order valence-corrected chi connectivity index (χ4v) is 1.86. The van der Waals surface area contributed by atoms with Crippen LogP contribution in [-0.2, 0) is 11.2 Å². The van der Waals surface area contributed by atoms with Gasteiger partial charge in [-0.25, -0.2) is 0 Å². The zero-order valence-corrected chi connectivity index (χ0v) is 9.78. The normalized spacial score (nSPS) is 11.8. The molecule has 0 fully saturated rings. The molecule has 0 spiro atoms. The molecular formula is C11H10BrNO2. The zero-order chi connectivity index (χ0) is 11.4. The summed E-state index contributed by atoms with van der Waals surface area (Å²) in [4.78, 5) is 10.7. The second-order valence-electron chi connectivity index (χ2n) is 3.16. The number of phenolic OH excluding ortho intramolecular Hbond substituents is 1. The lowest BCUT2D eigenvalue weighted by atomic mass is 9.99. The molecule has 0 saturated carbocycles. The molecular weight excluding hydrogens is 258 g/mol. The Morgan fingerprint density at radius 1 is 1.67 bits per heavy atom. The van der Waals surface area contributed by atoms with Crippen molar-refractivity contribution >= 4 is 21.7 Å². The molecule has 0 bridgehead atoms. The van der Waals surface area contributed by atoms with Gasteiger partial charge in [0.2, 0.25) is 0 Å². The van der Waals surface area contributed by atoms with E-state index in [1.54, 1.807) is 12.1 Å². The number of rotatable bonds is 3. The lowest BCUT2D eigenvalue weighted by Crippen LogP contribution is -2.05. The molecule has 0 aliphatic carbocycles. The van der Waals surface area contributed by atoms with Crippen LogP contribution in [-0.4, -0.2) is 10.9 Å². The van der Waals surface area contributed by atoms with E-state index < -0.39 is 4.83 Å². The van der Waals surface area contributed by atoms with Gasteiger partial charge in [0.1, 0.15) is 16.4 Å². The Balaban J connectivity index is 3.25. The van der Waals surface area contributed by atoms with Crippen LogP contribution in [0.1, 0.15) is 22.9 Å². The summed E-state index contributed by atoms with van der Waals surface area (Å²) in [6.07, 6.45) is 0.180. The van der Waals surface area contributed by atoms with E-state index in [9.17, 15) is 9.90 Å². The fourth-order valence-electron chi connectivity index (χ4n) is 1.33. The Hall–Kier alpha value is -1.34. The van der Waals surface area contributed by atoms with Crippen molar-refractivity contribution in [3.63, 3.8) is 0 Å². The maximum atomic E-state index is 11.2. The third kappa shape index (κ3) is 2.57. The third-order valence-electron chi connectivity index (χ3n) is 2.05. The molecule has 0 aliphatic rings. The summed E-state index contributed by atoms with van der Waals surface area (Å²) in [5, 5.41) is 18.3. The highest BCUT2D eigenvalue weighted by Crippen LogP contribution is 2.34. The van der Waals surface area contributed by atoms with Crippen molar-refractivity contribution in [1.82, 2.24) is 0 Å². The maximum Gasteiger partial charge on any atom is 0.147 e. The number of nitrogens with zero attached hydrogens (tertiary/aromatic N) is 1. The van der Waals surface area contributed by atoms with E-state index in [-0.39, 0.29) is 18.0 Å². The molecule has 0 amide bonds. The number of hydrogen-bond donors (Lipinski definition) is 1. The number of hydrogen-bond acceptors (Lipinski definition) is 3. The smallest absolute Gasteiger partial charge is 0.147 e. The largest absolute Gasteiger partial charge is 0.508 e. The van der Waals surface area contributed by atoms with E-state index in [1.165, 1.54) is 13.0 Å². The minimum absolute atomic E-state index is 0.0415. The van der Waals surface area contributed by atoms with E-state index in [0.29, 0.717) is 11.1 Å². The second kappa shape index (κ2) is 4.94. The summed E-state index contributed by atoms with van der Waals surface area (Å²) in [6, 6.07) is 6.90. The van der Waals surface area contributed by atoms with Gasteiger partial charge in [0.05, 0.1) is 12.5 Å². The van der Waals surface area contributed by atoms with Crippen molar-refractivity contribution in [3.05, 3.63) is 29.3 Å². The molecule has 15 heavy (non-hydrogen) atoms. The first-order valence-corrected chi connectivity index (χ1v) is 5.31. The molecule has 0 radical (unpaired) electrons. The SMILES string of the molecule is CC(=O)C(Br)c1c(O)cccc1CC#N. The lowest BCUT2D eigenvalue weighted by Gasteiger charge is -2.12. The highest BCUT2D eigenvalue weighted by Gasteiger charge is 2.19. The molecule has 0 saturated heterocycles. The van der Waals surface area contributed by atoms with Crippen LogP contribution >= 0.6 is 15.9 Å². The monoisotopic (exact) mass is 267 g/mol. The highest BCUT2D eigenvalue weighted by atomic mass is 79.9. The molecule has 4 heteroatoms. The predicted molar refractivity (Wildman–Crippen MR) is 59.8 cm³/mol. The lowest BCUT2D eigenvalue weighted by molar-refractivity contribution is -0.116. The molecule has 1 unspecified atom stereocenters. The minimum atomic E-state index is -0.554. The zero-order valence-electron chi connectivity index (χ0n) is 8.20. The minimum Gasteiger partial charge on any atom is -0.508 e. The van der Waals surface area contributed by atoms with Crippen LogP contribution in [0.2, 0.25) is 0 Å². The summed E-state index contributed by atoms with van der Waals surface area (Å²) in [5.41, 5.74) is 1.17. The van der Waals surface area contributed by atoms with E-state index in [2.05, 4.69) is 15.9 Å². The van der Waals surface area contributed by atoms with E-state index in [1.807, 2.05) is 6.07 Å². The van der Waals surface area contributed by atoms with Crippen LogP contribution in [0.15, 0.2) is 18.2 Å². The van der Waals surface area contributed by atoms with Gasteiger partial charge in [0, 0.05) is 5.56 Å². The Labute approximate surface area is 96.5 Å². The van der Waals surface area contributed by atoms with Gasteiger partial charge in [-0.05, 0) is 18.6 Å². The van der Waals surface area contributed by atoms with Crippen molar-refractivity contribution in [2.45, 2.75) is 18.2 Å². The highest BCUT2D eigenvalue weighted by molar-refractivity contribution is 9.09. The van der Waals surface area contributed by atoms with Crippen molar-refractivity contribution in [2.24, 2.45) is 0 Å². The maximum absolute atomic E-state index is 11.2. The van der Waals surface area contributed by atoms with Crippen molar-refractivity contribution < 1.29 is 9.90 Å². The number of carbonyl (C=O) groups excluding carboxylic acids is 1. The quantitative estimate of drug-likeness (QED) is 0.856. The third-order valence-corrected chi connectivity index (χ3v) is 3.16. The number of Topliss-reactive ketones (excluding diaryl/α,β-unsaturated/α-hetero) is 1. The summed E-state index contributed by atoms with van der Waals surface area (Å²) >= 11 is 3.20. The van der Waals surface area contributed by atoms with Crippen molar-refractivity contribution in [1.29, 1.82) is 5.26 Å². The molecule has 1 aromatic carbocycles. The number of benzene rings is 1. The Morgan fingerprint density at radius 3 is 2.87 bits per heavy atom. The average Bonchev–Trinajstić information content (AvgIpc) is 2.17. The van der Waals surface area contributed by atoms with Crippen LogP contribution in [0.25, 0.3) is 0 Å². The average molecular weight is 268 g/mol. The molecule has 1 N–H and O–H groups in total. The number of aromatic hydroxyl groups is 1. The van der Waals surface area contributed by atoms with Crippen molar-refractivity contribution in [2.75, 3.05) is 0 Å². The van der Waals surface area contributed by atoms with E-state index in [4.69, 9.17) is 5.26 Å². The van der Waals surface area contributed by atoms with Gasteiger partial charge < -0.3 is 5.11 Å². The van der Waals surface area contributed by atoms with E-state index in [0.717, 1.165) is 0 Å². The molecule has 1 aromatic rings. The second-order valence-corrected chi connectivity index (χ2v) is 4.07. The summed E-state index contributed by atoms with van der Waals surface area (Å²) in [5.74, 6) is -0.0597. The molecule has 1 atom stereocenters. The van der Waals surface area contributed by atoms with E-state index >= 15 is 0 Å². The fraction of sp³-hybridized carbons (Fsp3) is 0.273. The molecule has 78 valence electrons. The molecule has 1 rings (SSSR count). The number of ketones is 1. The number of alkyl halides is 1. The Bertz CT molecular complexity index is 423. The van der Waals surface area contributed by atoms with Crippen LogP contribution in [0, 0.1) is 11.3 Å². The van der Waals surface area contributed by atoms with Crippen LogP contribution in [0.4, 0.5) is 0 Å². The first kappa shape index (κ1) is 11.7. The topological polar surface area (TPSA) is 61.1 Å². The van der Waals surface area contributed by atoms with Crippen LogP contribution < -0.4 is 0 Å². The van der Waals surface area contributed by atoms with Gasteiger partial charge in [0.25, 0.3) is 0 Å². The number of nitriles is 1. The first-order valence-electron chi connectivity index (χ1n) is 4.40. The summed E-state index contributed by atoms with van der Waals surface area (Å²) in [6.45, 7) is 1.43. The molecule has 0 aliphatic heterocycles. The standard InChI is InChI=1S/C11H10BrNO2/c1-7(14)11(12)10-8(5-6-13)3-2-4-9(10)15/h2-4,11,15H,5H2,1H3. The number of halogens is 1. The molecule has 0 aromatic heterocycles. The van der Waals surface area contributed by atoms with Crippen molar-refractivity contribution in [3.8, 4) is 11.8 Å². The van der Waals surface area contributed by atoms with Gasteiger partial charge in [-0.3, -0.25) is 4.79 Å². The molecule has 0 heterocycles. The van der Waals surface area contributed by atoms with Gasteiger partial charge >= 0.3 is 0 Å². The number of phenols is 1. The Morgan fingerprint density at radius 2 is 2.33 bits per heavy atom. The molecule has 3 nitrogen and oxygen atoms in total.